The van der Waals surface area contributed by atoms with E-state index in [4.69, 9.17) is 0 Å². The van der Waals surface area contributed by atoms with Crippen molar-refractivity contribution >= 4 is 16.5 Å². The first-order valence-corrected chi connectivity index (χ1v) is 5.44. The van der Waals surface area contributed by atoms with Gasteiger partial charge < -0.3 is 0 Å². The molecule has 0 aliphatic carbocycles. The SMILES string of the molecule is C=S(Cc1ccccc1)N(C)C. The number of benzene rings is 1. The Balaban J connectivity index is 2.59. The van der Waals surface area contributed by atoms with Crippen LogP contribution in [0.3, 0.4) is 0 Å². The number of hydrogen-bond donors (Lipinski definition) is 0. The normalized spacial score (nSPS) is 13.2. The largest absolute Gasteiger partial charge is 0.262 e. The molecule has 0 spiro atoms. The highest BCUT2D eigenvalue weighted by atomic mass is 32.2. The number of nitrogens with zero attached hydrogens (tertiary/aromatic N) is 1. The monoisotopic (exact) mass is 181 g/mol. The molecule has 0 N–H and O–H groups in total. The summed E-state index contributed by atoms with van der Waals surface area (Å²) in [6.45, 7) is 0. The van der Waals surface area contributed by atoms with Gasteiger partial charge in [-0.2, -0.15) is 0 Å². The summed E-state index contributed by atoms with van der Waals surface area (Å²) in [5.41, 5.74) is 1.37. The topological polar surface area (TPSA) is 3.24 Å². The van der Waals surface area contributed by atoms with Crippen LogP contribution in [0.5, 0.6) is 0 Å². The highest BCUT2D eigenvalue weighted by molar-refractivity contribution is 8.11. The zero-order chi connectivity index (χ0) is 8.97. The second-order valence-corrected chi connectivity index (χ2v) is 4.85. The van der Waals surface area contributed by atoms with E-state index in [1.807, 2.05) is 6.07 Å². The lowest BCUT2D eigenvalue weighted by Gasteiger charge is -2.14. The molecule has 2 heteroatoms. The Hall–Kier alpha value is -0.600. The predicted octanol–water partition coefficient (Wildman–Crippen LogP) is 2.36. The molecule has 0 radical (unpaired) electrons. The van der Waals surface area contributed by atoms with Gasteiger partial charge in [0.05, 0.1) is 0 Å². The maximum atomic E-state index is 4.09. The van der Waals surface area contributed by atoms with Gasteiger partial charge in [-0.25, -0.2) is 0 Å². The Kier molecular flexibility index (Phi) is 3.50. The molecule has 0 aliphatic heterocycles. The Morgan fingerprint density at radius 2 is 1.83 bits per heavy atom. The zero-order valence-electron chi connectivity index (χ0n) is 7.66. The van der Waals surface area contributed by atoms with Crippen molar-refractivity contribution in [3.63, 3.8) is 0 Å². The summed E-state index contributed by atoms with van der Waals surface area (Å²) in [7, 11) is 4.25. The van der Waals surface area contributed by atoms with Gasteiger partial charge in [0.25, 0.3) is 0 Å². The molecule has 0 aliphatic rings. The predicted molar refractivity (Wildman–Crippen MR) is 58.5 cm³/mol. The van der Waals surface area contributed by atoms with Crippen LogP contribution in [0.1, 0.15) is 5.56 Å². The smallest absolute Gasteiger partial charge is 0.0263 e. The van der Waals surface area contributed by atoms with Crippen LogP contribution in [-0.4, -0.2) is 24.3 Å². The Morgan fingerprint density at radius 1 is 1.25 bits per heavy atom. The fourth-order valence-electron chi connectivity index (χ4n) is 0.896. The minimum Gasteiger partial charge on any atom is -0.262 e. The maximum absolute atomic E-state index is 4.09. The van der Waals surface area contributed by atoms with Crippen molar-refractivity contribution in [1.29, 1.82) is 0 Å². The molecule has 1 nitrogen and oxygen atoms in total. The van der Waals surface area contributed by atoms with E-state index in [1.54, 1.807) is 0 Å². The van der Waals surface area contributed by atoms with Crippen LogP contribution < -0.4 is 0 Å². The quantitative estimate of drug-likeness (QED) is 0.647. The second kappa shape index (κ2) is 4.43. The zero-order valence-corrected chi connectivity index (χ0v) is 8.47. The van der Waals surface area contributed by atoms with Gasteiger partial charge in [0.1, 0.15) is 0 Å². The van der Waals surface area contributed by atoms with Gasteiger partial charge >= 0.3 is 0 Å². The molecule has 66 valence electrons. The minimum absolute atomic E-state index is 0.111. The van der Waals surface area contributed by atoms with Gasteiger partial charge in [-0.1, -0.05) is 36.2 Å². The van der Waals surface area contributed by atoms with Crippen LogP contribution in [0.4, 0.5) is 0 Å². The summed E-state index contributed by atoms with van der Waals surface area (Å²) in [6.07, 6.45) is 0. The Bertz CT molecular complexity index is 254. The fraction of sp³-hybridized carbons (Fsp3) is 0.300. The summed E-state index contributed by atoms with van der Waals surface area (Å²) in [5, 5.41) is 0. The van der Waals surface area contributed by atoms with Crippen molar-refractivity contribution < 1.29 is 0 Å². The van der Waals surface area contributed by atoms with Crippen LogP contribution in [0.2, 0.25) is 0 Å². The van der Waals surface area contributed by atoms with E-state index in [9.17, 15) is 0 Å². The van der Waals surface area contributed by atoms with E-state index in [2.05, 4.69) is 48.5 Å². The highest BCUT2D eigenvalue weighted by Crippen LogP contribution is 2.19. The molecule has 0 amide bonds. The third-order valence-corrected chi connectivity index (χ3v) is 3.39. The lowest BCUT2D eigenvalue weighted by molar-refractivity contribution is 0.700. The summed E-state index contributed by atoms with van der Waals surface area (Å²) in [4.78, 5) is 0. The average molecular weight is 181 g/mol. The molecule has 0 fully saturated rings. The molecule has 0 saturated carbocycles. The van der Waals surface area contributed by atoms with Crippen molar-refractivity contribution in [1.82, 2.24) is 4.31 Å². The Labute approximate surface area is 77.1 Å². The lowest BCUT2D eigenvalue weighted by atomic mass is 10.2. The van der Waals surface area contributed by atoms with Crippen LogP contribution in [-0.2, 0) is 5.75 Å². The Morgan fingerprint density at radius 3 is 2.33 bits per heavy atom. The summed E-state index contributed by atoms with van der Waals surface area (Å²) in [6, 6.07) is 10.5. The second-order valence-electron chi connectivity index (χ2n) is 2.90. The average Bonchev–Trinajstić information content (AvgIpc) is 2.06. The van der Waals surface area contributed by atoms with Gasteiger partial charge in [0.2, 0.25) is 0 Å². The van der Waals surface area contributed by atoms with Crippen LogP contribution >= 0.6 is 10.7 Å². The van der Waals surface area contributed by atoms with Crippen molar-refractivity contribution in [3.05, 3.63) is 35.9 Å². The van der Waals surface area contributed by atoms with Crippen molar-refractivity contribution in [3.8, 4) is 0 Å². The lowest BCUT2D eigenvalue weighted by Crippen LogP contribution is -2.03. The van der Waals surface area contributed by atoms with Crippen LogP contribution in [0.25, 0.3) is 0 Å². The molecule has 1 aromatic rings. The molecule has 0 bridgehead atoms. The van der Waals surface area contributed by atoms with E-state index in [-0.39, 0.29) is 10.7 Å². The van der Waals surface area contributed by atoms with Gasteiger partial charge in [-0.15, -0.1) is 10.7 Å². The van der Waals surface area contributed by atoms with Gasteiger partial charge in [0, 0.05) is 5.75 Å². The van der Waals surface area contributed by atoms with Crippen molar-refractivity contribution in [2.75, 3.05) is 14.1 Å². The third-order valence-electron chi connectivity index (χ3n) is 1.69. The maximum Gasteiger partial charge on any atom is 0.0263 e. The van der Waals surface area contributed by atoms with Crippen molar-refractivity contribution in [2.24, 2.45) is 0 Å². The third kappa shape index (κ3) is 2.80. The highest BCUT2D eigenvalue weighted by Gasteiger charge is 1.96. The first kappa shape index (κ1) is 9.49. The summed E-state index contributed by atoms with van der Waals surface area (Å²) in [5.74, 6) is 5.14. The van der Waals surface area contributed by atoms with Crippen LogP contribution in [0.15, 0.2) is 30.3 Å². The van der Waals surface area contributed by atoms with E-state index in [0.29, 0.717) is 0 Å². The van der Waals surface area contributed by atoms with E-state index < -0.39 is 0 Å². The first-order valence-electron chi connectivity index (χ1n) is 3.92. The number of hydrogen-bond acceptors (Lipinski definition) is 1. The first-order chi connectivity index (χ1) is 5.70. The molecular formula is C10H15NS. The standard InChI is InChI=1S/C10H15NS/c1-11(2)12(3)9-10-7-5-4-6-8-10/h4-8H,3,9H2,1-2H3. The van der Waals surface area contributed by atoms with E-state index in [1.165, 1.54) is 5.56 Å². The molecule has 0 heterocycles. The minimum atomic E-state index is 0.111. The van der Waals surface area contributed by atoms with Gasteiger partial charge in [0.15, 0.2) is 0 Å². The van der Waals surface area contributed by atoms with Crippen LogP contribution in [0, 0.1) is 0 Å². The molecule has 0 saturated heterocycles. The summed E-state index contributed by atoms with van der Waals surface area (Å²) < 4.78 is 2.16. The van der Waals surface area contributed by atoms with E-state index >= 15 is 0 Å². The van der Waals surface area contributed by atoms with Gasteiger partial charge in [-0.05, 0) is 19.7 Å². The van der Waals surface area contributed by atoms with Crippen molar-refractivity contribution in [2.45, 2.75) is 5.75 Å². The summed E-state index contributed by atoms with van der Waals surface area (Å²) >= 11 is 0. The molecule has 1 atom stereocenters. The molecule has 1 rings (SSSR count). The molecular weight excluding hydrogens is 166 g/mol. The molecule has 12 heavy (non-hydrogen) atoms. The number of rotatable bonds is 3. The molecule has 1 unspecified atom stereocenters. The molecule has 1 aromatic carbocycles. The fourth-order valence-corrected chi connectivity index (χ4v) is 1.73. The van der Waals surface area contributed by atoms with E-state index in [0.717, 1.165) is 5.75 Å². The van der Waals surface area contributed by atoms with Gasteiger partial charge in [-0.3, -0.25) is 4.31 Å². The molecule has 0 aromatic heterocycles.